The summed E-state index contributed by atoms with van der Waals surface area (Å²) in [5, 5.41) is 10.4. The lowest BCUT2D eigenvalue weighted by molar-refractivity contribution is -0.384. The molecule has 0 fully saturated rings. The van der Waals surface area contributed by atoms with Crippen LogP contribution < -0.4 is 0 Å². The average molecular weight is 192 g/mol. The number of rotatable bonds is 3. The highest BCUT2D eigenvalue weighted by atomic mass is 16.6. The second-order valence-corrected chi connectivity index (χ2v) is 3.13. The van der Waals surface area contributed by atoms with E-state index in [-0.39, 0.29) is 5.69 Å². The van der Waals surface area contributed by atoms with Crippen molar-refractivity contribution in [2.75, 3.05) is 14.1 Å². The molecule has 1 rings (SSSR count). The monoisotopic (exact) mass is 192 g/mol. The fourth-order valence-electron chi connectivity index (χ4n) is 0.942. The van der Waals surface area contributed by atoms with Crippen molar-refractivity contribution in [2.24, 2.45) is 0 Å². The summed E-state index contributed by atoms with van der Waals surface area (Å²) in [5.74, 6) is 0. The molecule has 14 heavy (non-hydrogen) atoms. The second kappa shape index (κ2) is 4.41. The van der Waals surface area contributed by atoms with E-state index in [1.807, 2.05) is 31.3 Å². The number of nitro groups is 1. The third kappa shape index (κ3) is 2.90. The molecule has 0 aliphatic carbocycles. The Balaban J connectivity index is 2.78. The van der Waals surface area contributed by atoms with Crippen LogP contribution >= 0.6 is 0 Å². The van der Waals surface area contributed by atoms with E-state index >= 15 is 0 Å². The molecule has 4 nitrogen and oxygen atoms in total. The number of non-ortho nitro benzene ring substituents is 1. The zero-order valence-corrected chi connectivity index (χ0v) is 8.18. The van der Waals surface area contributed by atoms with Gasteiger partial charge in [0, 0.05) is 26.2 Å². The van der Waals surface area contributed by atoms with Gasteiger partial charge < -0.3 is 4.90 Å². The molecule has 0 radical (unpaired) electrons. The van der Waals surface area contributed by atoms with Gasteiger partial charge >= 0.3 is 0 Å². The first-order valence-electron chi connectivity index (χ1n) is 4.18. The van der Waals surface area contributed by atoms with Crippen molar-refractivity contribution in [3.8, 4) is 0 Å². The van der Waals surface area contributed by atoms with Gasteiger partial charge in [-0.1, -0.05) is 0 Å². The molecular formula is C10H12N2O2. The Morgan fingerprint density at radius 3 is 2.29 bits per heavy atom. The number of hydrogen-bond acceptors (Lipinski definition) is 3. The first kappa shape index (κ1) is 10.2. The molecule has 0 bridgehead atoms. The van der Waals surface area contributed by atoms with Crippen LogP contribution in [0.25, 0.3) is 6.08 Å². The van der Waals surface area contributed by atoms with Gasteiger partial charge in [0.15, 0.2) is 0 Å². The van der Waals surface area contributed by atoms with E-state index in [9.17, 15) is 10.1 Å². The van der Waals surface area contributed by atoms with Crippen LogP contribution in [0.15, 0.2) is 30.5 Å². The molecule has 0 unspecified atom stereocenters. The standard InChI is InChI=1S/C10H12N2O2/c1-11(2)8-7-9-3-5-10(6-4-9)12(13)14/h3-8H,1-2H3. The average Bonchev–Trinajstić information content (AvgIpc) is 2.15. The van der Waals surface area contributed by atoms with Crippen molar-refractivity contribution in [1.82, 2.24) is 4.90 Å². The summed E-state index contributed by atoms with van der Waals surface area (Å²) in [4.78, 5) is 11.9. The van der Waals surface area contributed by atoms with Crippen molar-refractivity contribution >= 4 is 11.8 Å². The highest BCUT2D eigenvalue weighted by Gasteiger charge is 2.01. The molecule has 0 aromatic heterocycles. The Bertz CT molecular complexity index is 342. The first-order valence-corrected chi connectivity index (χ1v) is 4.18. The van der Waals surface area contributed by atoms with E-state index < -0.39 is 4.92 Å². The van der Waals surface area contributed by atoms with E-state index in [1.165, 1.54) is 12.1 Å². The molecule has 74 valence electrons. The van der Waals surface area contributed by atoms with Gasteiger partial charge in [0.2, 0.25) is 0 Å². The summed E-state index contributed by atoms with van der Waals surface area (Å²) in [6.07, 6.45) is 3.78. The fourth-order valence-corrected chi connectivity index (χ4v) is 0.942. The summed E-state index contributed by atoms with van der Waals surface area (Å²) >= 11 is 0. The quantitative estimate of drug-likeness (QED) is 0.544. The van der Waals surface area contributed by atoms with E-state index in [1.54, 1.807) is 12.1 Å². The normalized spacial score (nSPS) is 10.4. The lowest BCUT2D eigenvalue weighted by Gasteiger charge is -2.02. The van der Waals surface area contributed by atoms with Gasteiger partial charge in [-0.05, 0) is 30.0 Å². The van der Waals surface area contributed by atoms with E-state index in [0.717, 1.165) is 5.56 Å². The topological polar surface area (TPSA) is 46.4 Å². The van der Waals surface area contributed by atoms with Gasteiger partial charge in [-0.15, -0.1) is 0 Å². The maximum atomic E-state index is 10.4. The molecule has 0 amide bonds. The van der Waals surface area contributed by atoms with E-state index in [4.69, 9.17) is 0 Å². The van der Waals surface area contributed by atoms with E-state index in [2.05, 4.69) is 0 Å². The minimum absolute atomic E-state index is 0.118. The molecular weight excluding hydrogens is 180 g/mol. The molecule has 0 saturated heterocycles. The Kier molecular flexibility index (Phi) is 3.23. The summed E-state index contributed by atoms with van der Waals surface area (Å²) in [7, 11) is 3.84. The fraction of sp³-hybridized carbons (Fsp3) is 0.200. The van der Waals surface area contributed by atoms with Crippen LogP contribution in [0.1, 0.15) is 5.56 Å². The van der Waals surface area contributed by atoms with Crippen molar-refractivity contribution in [1.29, 1.82) is 0 Å². The van der Waals surface area contributed by atoms with Crippen molar-refractivity contribution in [3.63, 3.8) is 0 Å². The number of nitrogens with zero attached hydrogens (tertiary/aromatic N) is 2. The molecule has 0 spiro atoms. The zero-order valence-electron chi connectivity index (χ0n) is 8.18. The van der Waals surface area contributed by atoms with Crippen LogP contribution in [-0.4, -0.2) is 23.9 Å². The van der Waals surface area contributed by atoms with Gasteiger partial charge in [0.05, 0.1) is 4.92 Å². The first-order chi connectivity index (χ1) is 6.59. The molecule has 1 aromatic carbocycles. The summed E-state index contributed by atoms with van der Waals surface area (Å²) in [5.41, 5.74) is 1.07. The van der Waals surface area contributed by atoms with Gasteiger partial charge in [-0.25, -0.2) is 0 Å². The Morgan fingerprint density at radius 1 is 1.29 bits per heavy atom. The maximum absolute atomic E-state index is 10.4. The molecule has 0 N–H and O–H groups in total. The lowest BCUT2D eigenvalue weighted by atomic mass is 10.2. The molecule has 4 heteroatoms. The Hall–Kier alpha value is -1.84. The summed E-state index contributed by atoms with van der Waals surface area (Å²) < 4.78 is 0. The molecule has 0 heterocycles. The Labute approximate surface area is 82.6 Å². The van der Waals surface area contributed by atoms with Crippen LogP contribution in [0.2, 0.25) is 0 Å². The molecule has 0 saturated carbocycles. The molecule has 0 aliphatic rings. The Morgan fingerprint density at radius 2 is 1.86 bits per heavy atom. The summed E-state index contributed by atoms with van der Waals surface area (Å²) in [6.45, 7) is 0. The number of nitro benzene ring substituents is 1. The largest absolute Gasteiger partial charge is 0.383 e. The predicted molar refractivity (Wildman–Crippen MR) is 55.8 cm³/mol. The van der Waals surface area contributed by atoms with Crippen LogP contribution in [0.5, 0.6) is 0 Å². The lowest BCUT2D eigenvalue weighted by Crippen LogP contribution is -1.99. The van der Waals surface area contributed by atoms with Gasteiger partial charge in [0.25, 0.3) is 5.69 Å². The summed E-state index contributed by atoms with van der Waals surface area (Å²) in [6, 6.07) is 6.43. The second-order valence-electron chi connectivity index (χ2n) is 3.13. The van der Waals surface area contributed by atoms with Gasteiger partial charge in [-0.3, -0.25) is 10.1 Å². The van der Waals surface area contributed by atoms with Crippen LogP contribution in [-0.2, 0) is 0 Å². The van der Waals surface area contributed by atoms with Crippen LogP contribution in [0, 0.1) is 10.1 Å². The maximum Gasteiger partial charge on any atom is 0.269 e. The predicted octanol–water partition coefficient (Wildman–Crippen LogP) is 2.13. The minimum Gasteiger partial charge on any atom is -0.383 e. The van der Waals surface area contributed by atoms with Crippen molar-refractivity contribution in [2.45, 2.75) is 0 Å². The molecule has 1 aromatic rings. The zero-order chi connectivity index (χ0) is 10.6. The number of benzene rings is 1. The van der Waals surface area contributed by atoms with Crippen LogP contribution in [0.3, 0.4) is 0 Å². The smallest absolute Gasteiger partial charge is 0.269 e. The highest BCUT2D eigenvalue weighted by Crippen LogP contribution is 2.12. The third-order valence-electron chi connectivity index (χ3n) is 1.67. The van der Waals surface area contributed by atoms with Crippen molar-refractivity contribution in [3.05, 3.63) is 46.1 Å². The van der Waals surface area contributed by atoms with Gasteiger partial charge in [-0.2, -0.15) is 0 Å². The van der Waals surface area contributed by atoms with E-state index in [0.29, 0.717) is 0 Å². The van der Waals surface area contributed by atoms with Gasteiger partial charge in [0.1, 0.15) is 0 Å². The van der Waals surface area contributed by atoms with Crippen LogP contribution in [0.4, 0.5) is 5.69 Å². The highest BCUT2D eigenvalue weighted by molar-refractivity contribution is 5.51. The molecule has 0 aliphatic heterocycles. The third-order valence-corrected chi connectivity index (χ3v) is 1.67. The van der Waals surface area contributed by atoms with Crippen molar-refractivity contribution < 1.29 is 4.92 Å². The number of hydrogen-bond donors (Lipinski definition) is 0. The molecule has 0 atom stereocenters. The minimum atomic E-state index is -0.403. The SMILES string of the molecule is CN(C)C=Cc1ccc([N+](=O)[O-])cc1.